The molecule has 0 bridgehead atoms. The van der Waals surface area contributed by atoms with Crippen molar-refractivity contribution in [3.63, 3.8) is 0 Å². The Kier molecular flexibility index (Phi) is 7.74. The first-order chi connectivity index (χ1) is 12.3. The summed E-state index contributed by atoms with van der Waals surface area (Å²) in [5, 5.41) is 7.28. The molecule has 1 aliphatic heterocycles. The molecule has 0 aromatic heterocycles. The zero-order chi connectivity index (χ0) is 19.3. The standard InChI is InChI=1S/C20H39N5O/c1-14(2)25-12-16(4)18(13-25)23-20(21-11-19(26)24(5)6)22-17-10-8-7-9-15(17)3/h14-18H,7-13H2,1-6H3,(H2,21,22,23). The average Bonchev–Trinajstić information content (AvgIpc) is 2.95. The highest BCUT2D eigenvalue weighted by atomic mass is 16.2. The number of hydrogen-bond donors (Lipinski definition) is 2. The molecule has 1 saturated carbocycles. The molecule has 1 saturated heterocycles. The molecular weight excluding hydrogens is 326 g/mol. The Bertz CT molecular complexity index is 491. The van der Waals surface area contributed by atoms with Crippen LogP contribution >= 0.6 is 0 Å². The van der Waals surface area contributed by atoms with Crippen LogP contribution in [0.2, 0.25) is 0 Å². The second-order valence-electron chi connectivity index (χ2n) is 8.74. The van der Waals surface area contributed by atoms with E-state index < -0.39 is 0 Å². The first-order valence-corrected chi connectivity index (χ1v) is 10.3. The number of hydrogen-bond acceptors (Lipinski definition) is 3. The lowest BCUT2D eigenvalue weighted by molar-refractivity contribution is -0.127. The fourth-order valence-electron chi connectivity index (χ4n) is 3.92. The number of nitrogens with one attached hydrogen (secondary N) is 2. The van der Waals surface area contributed by atoms with Gasteiger partial charge in [0, 0.05) is 45.3 Å². The van der Waals surface area contributed by atoms with E-state index in [4.69, 9.17) is 0 Å². The molecule has 1 aliphatic carbocycles. The number of carbonyl (C=O) groups is 1. The van der Waals surface area contributed by atoms with Crippen molar-refractivity contribution in [1.29, 1.82) is 0 Å². The topological polar surface area (TPSA) is 60.0 Å². The molecule has 0 spiro atoms. The number of nitrogens with zero attached hydrogens (tertiary/aromatic N) is 3. The molecule has 4 atom stereocenters. The van der Waals surface area contributed by atoms with Crippen LogP contribution in [0.15, 0.2) is 4.99 Å². The van der Waals surface area contributed by atoms with Gasteiger partial charge >= 0.3 is 0 Å². The summed E-state index contributed by atoms with van der Waals surface area (Å²) in [5.74, 6) is 2.05. The van der Waals surface area contributed by atoms with Gasteiger partial charge in [0.15, 0.2) is 5.96 Å². The molecule has 6 heteroatoms. The molecule has 150 valence electrons. The van der Waals surface area contributed by atoms with E-state index in [1.165, 1.54) is 25.7 Å². The zero-order valence-corrected chi connectivity index (χ0v) is 17.6. The molecule has 2 fully saturated rings. The third-order valence-corrected chi connectivity index (χ3v) is 6.00. The minimum Gasteiger partial charge on any atom is -0.353 e. The van der Waals surface area contributed by atoms with Gasteiger partial charge in [-0.2, -0.15) is 0 Å². The van der Waals surface area contributed by atoms with Crippen molar-refractivity contribution in [2.24, 2.45) is 16.8 Å². The summed E-state index contributed by atoms with van der Waals surface area (Å²) in [6.45, 7) is 11.5. The highest BCUT2D eigenvalue weighted by molar-refractivity contribution is 5.85. The van der Waals surface area contributed by atoms with Gasteiger partial charge in [-0.3, -0.25) is 9.69 Å². The van der Waals surface area contributed by atoms with Crippen molar-refractivity contribution in [3.8, 4) is 0 Å². The smallest absolute Gasteiger partial charge is 0.243 e. The molecule has 1 heterocycles. The molecule has 2 aliphatic rings. The normalized spacial score (nSPS) is 30.5. The van der Waals surface area contributed by atoms with Crippen molar-refractivity contribution in [2.45, 2.75) is 71.5 Å². The van der Waals surface area contributed by atoms with Crippen molar-refractivity contribution < 1.29 is 4.79 Å². The fraction of sp³-hybridized carbons (Fsp3) is 0.900. The van der Waals surface area contributed by atoms with Crippen LogP contribution in [0, 0.1) is 11.8 Å². The Morgan fingerprint density at radius 1 is 1.08 bits per heavy atom. The molecule has 2 rings (SSSR count). The van der Waals surface area contributed by atoms with Crippen LogP contribution in [-0.2, 0) is 4.79 Å². The van der Waals surface area contributed by atoms with E-state index in [1.807, 2.05) is 0 Å². The summed E-state index contributed by atoms with van der Waals surface area (Å²) in [5.41, 5.74) is 0. The first kappa shape index (κ1) is 21.0. The zero-order valence-electron chi connectivity index (χ0n) is 17.6. The first-order valence-electron chi connectivity index (χ1n) is 10.3. The number of carbonyl (C=O) groups excluding carboxylic acids is 1. The SMILES string of the molecule is CC1CCCCC1NC(=NCC(=O)N(C)C)NC1CN(C(C)C)CC1C. The number of rotatable bonds is 5. The predicted octanol–water partition coefficient (Wildman–Crippen LogP) is 1.92. The van der Waals surface area contributed by atoms with Gasteiger partial charge in [0.2, 0.25) is 5.91 Å². The van der Waals surface area contributed by atoms with Crippen molar-refractivity contribution in [3.05, 3.63) is 0 Å². The predicted molar refractivity (Wildman–Crippen MR) is 108 cm³/mol. The van der Waals surface area contributed by atoms with Crippen LogP contribution in [0.25, 0.3) is 0 Å². The van der Waals surface area contributed by atoms with Gasteiger partial charge in [-0.25, -0.2) is 4.99 Å². The Balaban J connectivity index is 2.04. The van der Waals surface area contributed by atoms with Crippen LogP contribution in [0.3, 0.4) is 0 Å². The van der Waals surface area contributed by atoms with Crippen LogP contribution in [0.4, 0.5) is 0 Å². The van der Waals surface area contributed by atoms with Gasteiger partial charge in [0.05, 0.1) is 0 Å². The summed E-state index contributed by atoms with van der Waals surface area (Å²) in [4.78, 5) is 20.7. The van der Waals surface area contributed by atoms with Crippen LogP contribution < -0.4 is 10.6 Å². The van der Waals surface area contributed by atoms with E-state index in [-0.39, 0.29) is 12.5 Å². The largest absolute Gasteiger partial charge is 0.353 e. The monoisotopic (exact) mass is 365 g/mol. The van der Waals surface area contributed by atoms with E-state index in [1.54, 1.807) is 19.0 Å². The Labute approximate surface area is 159 Å². The molecule has 2 N–H and O–H groups in total. The molecule has 6 nitrogen and oxygen atoms in total. The third kappa shape index (κ3) is 5.86. The molecule has 0 aromatic carbocycles. The van der Waals surface area contributed by atoms with Crippen molar-refractivity contribution >= 4 is 11.9 Å². The number of amides is 1. The lowest BCUT2D eigenvalue weighted by atomic mass is 9.86. The Morgan fingerprint density at radius 2 is 1.73 bits per heavy atom. The van der Waals surface area contributed by atoms with Gasteiger partial charge in [-0.05, 0) is 38.5 Å². The molecule has 0 radical (unpaired) electrons. The summed E-state index contributed by atoms with van der Waals surface area (Å²) in [7, 11) is 3.56. The number of guanidine groups is 1. The van der Waals surface area contributed by atoms with Crippen LogP contribution in [0.1, 0.15) is 53.4 Å². The fourth-order valence-corrected chi connectivity index (χ4v) is 3.92. The highest BCUT2D eigenvalue weighted by Crippen LogP contribution is 2.24. The van der Waals surface area contributed by atoms with E-state index in [2.05, 4.69) is 48.2 Å². The summed E-state index contributed by atoms with van der Waals surface area (Å²) in [6, 6.07) is 1.38. The second-order valence-corrected chi connectivity index (χ2v) is 8.74. The van der Waals surface area contributed by atoms with E-state index in [0.29, 0.717) is 30.0 Å². The van der Waals surface area contributed by atoms with Gasteiger partial charge in [-0.1, -0.05) is 26.7 Å². The van der Waals surface area contributed by atoms with E-state index >= 15 is 0 Å². The average molecular weight is 366 g/mol. The quantitative estimate of drug-likeness (QED) is 0.577. The van der Waals surface area contributed by atoms with Gasteiger partial charge in [-0.15, -0.1) is 0 Å². The maximum absolute atomic E-state index is 12.0. The van der Waals surface area contributed by atoms with E-state index in [0.717, 1.165) is 19.0 Å². The Hall–Kier alpha value is -1.30. The highest BCUT2D eigenvalue weighted by Gasteiger charge is 2.32. The molecule has 0 aromatic rings. The summed E-state index contributed by atoms with van der Waals surface area (Å²) >= 11 is 0. The minimum atomic E-state index is 0.0334. The third-order valence-electron chi connectivity index (χ3n) is 6.00. The number of aliphatic imine (C=N–C) groups is 1. The Morgan fingerprint density at radius 3 is 2.31 bits per heavy atom. The molecule has 4 unspecified atom stereocenters. The van der Waals surface area contributed by atoms with Crippen LogP contribution in [0.5, 0.6) is 0 Å². The number of likely N-dealkylation sites (N-methyl/N-ethyl adjacent to an activating group) is 1. The van der Waals surface area contributed by atoms with Crippen LogP contribution in [-0.4, -0.2) is 73.5 Å². The summed E-state index contributed by atoms with van der Waals surface area (Å²) in [6.07, 6.45) is 5.04. The lowest BCUT2D eigenvalue weighted by Gasteiger charge is -2.32. The van der Waals surface area contributed by atoms with Gasteiger partial charge in [0.25, 0.3) is 0 Å². The maximum atomic E-state index is 12.0. The van der Waals surface area contributed by atoms with Crippen molar-refractivity contribution in [1.82, 2.24) is 20.4 Å². The molecular formula is C20H39N5O. The number of likely N-dealkylation sites (tertiary alicyclic amines) is 1. The van der Waals surface area contributed by atoms with Crippen molar-refractivity contribution in [2.75, 3.05) is 33.7 Å². The lowest BCUT2D eigenvalue weighted by Crippen LogP contribution is -2.52. The molecule has 26 heavy (non-hydrogen) atoms. The molecule has 1 amide bonds. The van der Waals surface area contributed by atoms with Gasteiger partial charge < -0.3 is 15.5 Å². The second kappa shape index (κ2) is 9.58. The minimum absolute atomic E-state index is 0.0334. The summed E-state index contributed by atoms with van der Waals surface area (Å²) < 4.78 is 0. The van der Waals surface area contributed by atoms with Gasteiger partial charge in [0.1, 0.15) is 6.54 Å². The van der Waals surface area contributed by atoms with E-state index in [9.17, 15) is 4.79 Å². The maximum Gasteiger partial charge on any atom is 0.243 e.